The number of anilines is 1. The number of nitrogens with two attached hydrogens (primary N) is 1. The number of hydrogen-bond acceptors (Lipinski definition) is 9. The fourth-order valence-corrected chi connectivity index (χ4v) is 2.63. The van der Waals surface area contributed by atoms with Crippen LogP contribution in [-0.4, -0.2) is 78.4 Å². The zero-order valence-corrected chi connectivity index (χ0v) is 12.8. The average molecular weight is 324 g/mol. The monoisotopic (exact) mass is 324 g/mol. The van der Waals surface area contributed by atoms with Crippen molar-refractivity contribution in [2.24, 2.45) is 0 Å². The van der Waals surface area contributed by atoms with Crippen molar-refractivity contribution in [2.45, 2.75) is 37.2 Å². The Morgan fingerprint density at radius 1 is 1.30 bits per heavy atom. The first-order valence-electron chi connectivity index (χ1n) is 7.19. The summed E-state index contributed by atoms with van der Waals surface area (Å²) in [4.78, 5) is 13.7. The van der Waals surface area contributed by atoms with Gasteiger partial charge in [-0.25, -0.2) is 15.0 Å². The van der Waals surface area contributed by atoms with E-state index in [0.717, 1.165) is 0 Å². The molecule has 5 atom stereocenters. The molecule has 1 saturated heterocycles. The summed E-state index contributed by atoms with van der Waals surface area (Å²) in [7, 11) is 3.42. The first-order valence-corrected chi connectivity index (χ1v) is 7.19. The Hall–Kier alpha value is -1.85. The van der Waals surface area contributed by atoms with Gasteiger partial charge < -0.3 is 25.8 Å². The third-order valence-electron chi connectivity index (χ3n) is 4.04. The first kappa shape index (κ1) is 16.0. The van der Waals surface area contributed by atoms with Gasteiger partial charge in [0.1, 0.15) is 30.3 Å². The first-order chi connectivity index (χ1) is 10.9. The van der Waals surface area contributed by atoms with Gasteiger partial charge in [-0.3, -0.25) is 9.47 Å². The third kappa shape index (κ3) is 2.75. The molecule has 0 aliphatic carbocycles. The zero-order chi connectivity index (χ0) is 16.7. The topological polar surface area (TPSA) is 143 Å². The van der Waals surface area contributed by atoms with Crippen molar-refractivity contribution < 1.29 is 20.1 Å². The second kappa shape index (κ2) is 5.98. The molecule has 10 nitrogen and oxygen atoms in total. The molecule has 2 aromatic rings. The number of aromatic nitrogens is 4. The number of fused-ring (bicyclic) bond motifs is 1. The number of aliphatic hydroxyl groups is 3. The van der Waals surface area contributed by atoms with Crippen LogP contribution in [0.5, 0.6) is 0 Å². The molecule has 0 amide bonds. The maximum Gasteiger partial charge on any atom is 0.167 e. The van der Waals surface area contributed by atoms with Gasteiger partial charge in [-0.2, -0.15) is 0 Å². The molecular formula is C13H20N6O4. The lowest BCUT2D eigenvalue weighted by Gasteiger charge is -2.23. The maximum absolute atomic E-state index is 10.3. The SMILES string of the molecule is CN(C)C(O)C[C@H]1O[C@@H](n2cnc3c(N)ncnc32)[C@H](O)[C@@H]1O. The molecule has 3 heterocycles. The Kier molecular flexibility index (Phi) is 4.17. The second-order valence-electron chi connectivity index (χ2n) is 5.81. The van der Waals surface area contributed by atoms with E-state index in [2.05, 4.69) is 15.0 Å². The van der Waals surface area contributed by atoms with Crippen LogP contribution in [0.3, 0.4) is 0 Å². The number of hydrogen-bond donors (Lipinski definition) is 4. The van der Waals surface area contributed by atoms with Gasteiger partial charge in [0.25, 0.3) is 0 Å². The molecule has 0 bridgehead atoms. The lowest BCUT2D eigenvalue weighted by molar-refractivity contribution is -0.0692. The van der Waals surface area contributed by atoms with Gasteiger partial charge in [0, 0.05) is 6.42 Å². The molecule has 0 radical (unpaired) electrons. The number of nitrogen functional groups attached to an aromatic ring is 1. The van der Waals surface area contributed by atoms with E-state index in [-0.39, 0.29) is 12.2 Å². The van der Waals surface area contributed by atoms with Crippen molar-refractivity contribution in [3.05, 3.63) is 12.7 Å². The molecule has 0 saturated carbocycles. The molecule has 0 spiro atoms. The van der Waals surface area contributed by atoms with E-state index in [1.54, 1.807) is 19.0 Å². The number of aliphatic hydroxyl groups excluding tert-OH is 3. The van der Waals surface area contributed by atoms with Crippen LogP contribution in [0.15, 0.2) is 12.7 Å². The molecule has 126 valence electrons. The highest BCUT2D eigenvalue weighted by Gasteiger charge is 2.45. The molecular weight excluding hydrogens is 304 g/mol. The minimum absolute atomic E-state index is 0.158. The fraction of sp³-hybridized carbons (Fsp3) is 0.615. The molecule has 10 heteroatoms. The van der Waals surface area contributed by atoms with Crippen molar-refractivity contribution in [3.8, 4) is 0 Å². The largest absolute Gasteiger partial charge is 0.388 e. The van der Waals surface area contributed by atoms with E-state index in [1.165, 1.54) is 17.2 Å². The van der Waals surface area contributed by atoms with Gasteiger partial charge >= 0.3 is 0 Å². The molecule has 1 fully saturated rings. The summed E-state index contributed by atoms with van der Waals surface area (Å²) < 4.78 is 7.24. The lowest BCUT2D eigenvalue weighted by Crippen LogP contribution is -2.37. The Bertz CT molecular complexity index is 692. The molecule has 1 aliphatic heterocycles. The van der Waals surface area contributed by atoms with Crippen LogP contribution < -0.4 is 5.73 Å². The zero-order valence-electron chi connectivity index (χ0n) is 12.8. The predicted octanol–water partition coefficient (Wildman–Crippen LogP) is -1.70. The Morgan fingerprint density at radius 2 is 2.04 bits per heavy atom. The van der Waals surface area contributed by atoms with Crippen molar-refractivity contribution in [1.29, 1.82) is 0 Å². The molecule has 0 aromatic carbocycles. The van der Waals surface area contributed by atoms with E-state index in [1.807, 2.05) is 0 Å². The summed E-state index contributed by atoms with van der Waals surface area (Å²) in [6.45, 7) is 0. The summed E-state index contributed by atoms with van der Waals surface area (Å²) in [6, 6.07) is 0. The highest BCUT2D eigenvalue weighted by Crippen LogP contribution is 2.33. The van der Waals surface area contributed by atoms with Gasteiger partial charge in [0.05, 0.1) is 12.4 Å². The highest BCUT2D eigenvalue weighted by molar-refractivity contribution is 5.81. The standard InChI is InChI=1S/C13H20N6O4/c1-18(2)7(20)3-6-9(21)10(22)13(23-6)19-5-17-8-11(14)15-4-16-12(8)19/h4-7,9-10,13,20-22H,3H2,1-2H3,(H2,14,15,16)/t6-,7?,9-,10-,13-/m1/s1. The van der Waals surface area contributed by atoms with E-state index in [4.69, 9.17) is 10.5 Å². The van der Waals surface area contributed by atoms with Crippen molar-refractivity contribution in [1.82, 2.24) is 24.4 Å². The molecule has 3 rings (SSSR count). The van der Waals surface area contributed by atoms with Gasteiger partial charge in [-0.05, 0) is 14.1 Å². The van der Waals surface area contributed by atoms with Gasteiger partial charge in [0.15, 0.2) is 17.7 Å². The highest BCUT2D eigenvalue weighted by atomic mass is 16.6. The maximum atomic E-state index is 10.3. The Morgan fingerprint density at radius 3 is 2.74 bits per heavy atom. The van der Waals surface area contributed by atoms with Crippen LogP contribution in [0.4, 0.5) is 5.82 Å². The Balaban J connectivity index is 1.87. The minimum Gasteiger partial charge on any atom is -0.388 e. The fourth-order valence-electron chi connectivity index (χ4n) is 2.63. The summed E-state index contributed by atoms with van der Waals surface area (Å²) >= 11 is 0. The Labute approximate surface area is 132 Å². The molecule has 1 aliphatic rings. The average Bonchev–Trinajstić information content (AvgIpc) is 3.05. The summed E-state index contributed by atoms with van der Waals surface area (Å²) in [5, 5.41) is 30.4. The molecule has 23 heavy (non-hydrogen) atoms. The van der Waals surface area contributed by atoms with Crippen molar-refractivity contribution in [3.63, 3.8) is 0 Å². The van der Waals surface area contributed by atoms with E-state index in [0.29, 0.717) is 11.2 Å². The molecule has 5 N–H and O–H groups in total. The summed E-state index contributed by atoms with van der Waals surface area (Å²) in [5.41, 5.74) is 6.54. The number of rotatable bonds is 4. The normalized spacial score (nSPS) is 29.5. The third-order valence-corrected chi connectivity index (χ3v) is 4.04. The van der Waals surface area contributed by atoms with Gasteiger partial charge in [0.2, 0.25) is 0 Å². The van der Waals surface area contributed by atoms with Crippen LogP contribution in [0.25, 0.3) is 11.2 Å². The smallest absolute Gasteiger partial charge is 0.167 e. The molecule has 1 unspecified atom stereocenters. The lowest BCUT2D eigenvalue weighted by atomic mass is 10.1. The van der Waals surface area contributed by atoms with Crippen molar-refractivity contribution in [2.75, 3.05) is 19.8 Å². The minimum atomic E-state index is -1.18. The van der Waals surface area contributed by atoms with Crippen LogP contribution in [0, 0.1) is 0 Å². The van der Waals surface area contributed by atoms with Crippen molar-refractivity contribution >= 4 is 17.0 Å². The predicted molar refractivity (Wildman–Crippen MR) is 80.0 cm³/mol. The van der Waals surface area contributed by atoms with E-state index < -0.39 is 30.8 Å². The number of imidazole rings is 1. The van der Waals surface area contributed by atoms with Crippen LogP contribution in [0.1, 0.15) is 12.6 Å². The van der Waals surface area contributed by atoms with Crippen LogP contribution in [0.2, 0.25) is 0 Å². The second-order valence-corrected chi connectivity index (χ2v) is 5.81. The quantitative estimate of drug-likeness (QED) is 0.484. The number of ether oxygens (including phenoxy) is 1. The van der Waals surface area contributed by atoms with Crippen LogP contribution in [-0.2, 0) is 4.74 Å². The van der Waals surface area contributed by atoms with E-state index >= 15 is 0 Å². The summed E-state index contributed by atoms with van der Waals surface area (Å²) in [5.74, 6) is 0.223. The number of nitrogens with zero attached hydrogens (tertiary/aromatic N) is 5. The van der Waals surface area contributed by atoms with Gasteiger partial charge in [-0.1, -0.05) is 0 Å². The van der Waals surface area contributed by atoms with Crippen LogP contribution >= 0.6 is 0 Å². The summed E-state index contributed by atoms with van der Waals surface area (Å²) in [6.07, 6.45) is -1.81. The van der Waals surface area contributed by atoms with E-state index in [9.17, 15) is 15.3 Å². The molecule has 2 aromatic heterocycles. The van der Waals surface area contributed by atoms with Gasteiger partial charge in [-0.15, -0.1) is 0 Å².